The third-order valence-electron chi connectivity index (χ3n) is 2.32. The highest BCUT2D eigenvalue weighted by Gasteiger charge is 2.30. The van der Waals surface area contributed by atoms with Gasteiger partial charge in [0.15, 0.2) is 0 Å². The van der Waals surface area contributed by atoms with Gasteiger partial charge in [-0.25, -0.2) is 13.1 Å². The molecule has 1 rings (SSSR count). The molecule has 20 heavy (non-hydrogen) atoms. The van der Waals surface area contributed by atoms with E-state index in [9.17, 15) is 21.6 Å². The summed E-state index contributed by atoms with van der Waals surface area (Å²) in [4.78, 5) is -0.286. The Balaban J connectivity index is 3.01. The molecule has 0 aliphatic carbocycles. The van der Waals surface area contributed by atoms with Crippen LogP contribution in [0, 0.1) is 0 Å². The minimum absolute atomic E-state index is 0.0119. The van der Waals surface area contributed by atoms with Gasteiger partial charge in [-0.15, -0.1) is 0 Å². The molecule has 0 aromatic heterocycles. The van der Waals surface area contributed by atoms with Crippen LogP contribution in [0.1, 0.15) is 12.5 Å². The van der Waals surface area contributed by atoms with Crippen molar-refractivity contribution in [1.29, 1.82) is 0 Å². The Kier molecular flexibility index (Phi) is 5.37. The third kappa shape index (κ3) is 4.66. The predicted octanol–water partition coefficient (Wildman–Crippen LogP) is 1.38. The first-order chi connectivity index (χ1) is 9.19. The molecule has 0 aliphatic rings. The normalized spacial score (nSPS) is 12.4. The zero-order valence-electron chi connectivity index (χ0n) is 10.7. The highest BCUT2D eigenvalue weighted by atomic mass is 32.2. The monoisotopic (exact) mass is 312 g/mol. The van der Waals surface area contributed by atoms with Gasteiger partial charge in [0.25, 0.3) is 0 Å². The highest BCUT2D eigenvalue weighted by Crippen LogP contribution is 2.23. The van der Waals surface area contributed by atoms with Gasteiger partial charge in [-0.2, -0.15) is 13.2 Å². The van der Waals surface area contributed by atoms with Crippen LogP contribution in [-0.2, 0) is 16.6 Å². The Labute approximate surface area is 115 Å². The first-order valence-electron chi connectivity index (χ1n) is 5.72. The predicted molar refractivity (Wildman–Crippen MR) is 66.7 cm³/mol. The second kappa shape index (κ2) is 6.42. The van der Waals surface area contributed by atoms with E-state index in [1.54, 1.807) is 6.92 Å². The lowest BCUT2D eigenvalue weighted by Gasteiger charge is -2.12. The molecule has 0 aliphatic heterocycles. The SMILES string of the molecule is CCOc1ccc(S(=O)(=O)NCC(F)(F)F)cc1CN. The molecule has 0 amide bonds. The Morgan fingerprint density at radius 2 is 2.00 bits per heavy atom. The summed E-state index contributed by atoms with van der Waals surface area (Å²) in [7, 11) is -4.24. The molecule has 0 heterocycles. The van der Waals surface area contributed by atoms with E-state index in [0.717, 1.165) is 0 Å². The van der Waals surface area contributed by atoms with Crippen LogP contribution in [0.2, 0.25) is 0 Å². The number of halogens is 3. The minimum atomic E-state index is -4.62. The summed E-state index contributed by atoms with van der Waals surface area (Å²) in [6.07, 6.45) is -4.62. The second-order valence-electron chi connectivity index (χ2n) is 3.85. The molecule has 0 bridgehead atoms. The first-order valence-corrected chi connectivity index (χ1v) is 7.20. The average Bonchev–Trinajstić information content (AvgIpc) is 2.36. The number of hydrogen-bond acceptors (Lipinski definition) is 4. The molecule has 0 fully saturated rings. The lowest BCUT2D eigenvalue weighted by molar-refractivity contribution is -0.121. The number of ether oxygens (including phenoxy) is 1. The Morgan fingerprint density at radius 1 is 1.35 bits per heavy atom. The van der Waals surface area contributed by atoms with Crippen molar-refractivity contribution < 1.29 is 26.3 Å². The quantitative estimate of drug-likeness (QED) is 0.831. The zero-order valence-corrected chi connectivity index (χ0v) is 11.5. The summed E-state index contributed by atoms with van der Waals surface area (Å²) in [5, 5.41) is 0. The van der Waals surface area contributed by atoms with Gasteiger partial charge in [-0.3, -0.25) is 0 Å². The fourth-order valence-corrected chi connectivity index (χ4v) is 2.50. The molecular weight excluding hydrogens is 297 g/mol. The summed E-state index contributed by atoms with van der Waals surface area (Å²) in [5.74, 6) is 0.407. The van der Waals surface area contributed by atoms with E-state index in [1.807, 2.05) is 0 Å². The van der Waals surface area contributed by atoms with E-state index >= 15 is 0 Å². The minimum Gasteiger partial charge on any atom is -0.494 e. The molecule has 0 atom stereocenters. The molecule has 0 unspecified atom stereocenters. The van der Waals surface area contributed by atoms with E-state index in [1.165, 1.54) is 22.9 Å². The van der Waals surface area contributed by atoms with Crippen LogP contribution in [0.3, 0.4) is 0 Å². The summed E-state index contributed by atoms with van der Waals surface area (Å²) in [6.45, 7) is 0.500. The van der Waals surface area contributed by atoms with Gasteiger partial charge in [0.1, 0.15) is 12.3 Å². The van der Waals surface area contributed by atoms with Gasteiger partial charge >= 0.3 is 6.18 Å². The van der Waals surface area contributed by atoms with Gasteiger partial charge in [0, 0.05) is 12.1 Å². The molecule has 0 radical (unpaired) electrons. The van der Waals surface area contributed by atoms with Gasteiger partial charge in [-0.05, 0) is 25.1 Å². The van der Waals surface area contributed by atoms with Gasteiger partial charge in [0.05, 0.1) is 11.5 Å². The molecular formula is C11H15F3N2O3S. The van der Waals surface area contributed by atoms with Crippen molar-refractivity contribution in [1.82, 2.24) is 4.72 Å². The van der Waals surface area contributed by atoms with Crippen LogP contribution in [0.5, 0.6) is 5.75 Å². The second-order valence-corrected chi connectivity index (χ2v) is 5.61. The van der Waals surface area contributed by atoms with E-state index in [2.05, 4.69) is 0 Å². The smallest absolute Gasteiger partial charge is 0.402 e. The maximum absolute atomic E-state index is 12.0. The van der Waals surface area contributed by atoms with Gasteiger partial charge in [-0.1, -0.05) is 0 Å². The zero-order chi connectivity index (χ0) is 15.4. The topological polar surface area (TPSA) is 81.4 Å². The fraction of sp³-hybridized carbons (Fsp3) is 0.455. The molecule has 0 saturated heterocycles. The average molecular weight is 312 g/mol. The molecule has 3 N–H and O–H groups in total. The van der Waals surface area contributed by atoms with Crippen LogP contribution < -0.4 is 15.2 Å². The van der Waals surface area contributed by atoms with E-state index < -0.39 is 22.7 Å². The van der Waals surface area contributed by atoms with E-state index in [4.69, 9.17) is 10.5 Å². The van der Waals surface area contributed by atoms with Crippen LogP contribution in [-0.4, -0.2) is 27.7 Å². The fourth-order valence-electron chi connectivity index (χ4n) is 1.44. The molecule has 9 heteroatoms. The Hall–Kier alpha value is -1.32. The molecule has 0 spiro atoms. The summed E-state index contributed by atoms with van der Waals surface area (Å²) in [6, 6.07) is 3.74. The van der Waals surface area contributed by atoms with Crippen molar-refractivity contribution in [2.45, 2.75) is 24.5 Å². The maximum atomic E-state index is 12.0. The number of nitrogens with two attached hydrogens (primary N) is 1. The van der Waals surface area contributed by atoms with Gasteiger partial charge < -0.3 is 10.5 Å². The van der Waals surface area contributed by atoms with E-state index in [-0.39, 0.29) is 11.4 Å². The largest absolute Gasteiger partial charge is 0.494 e. The van der Waals surface area contributed by atoms with Crippen molar-refractivity contribution in [3.63, 3.8) is 0 Å². The summed E-state index contributed by atoms with van der Waals surface area (Å²) >= 11 is 0. The van der Waals surface area contributed by atoms with E-state index in [0.29, 0.717) is 17.9 Å². The number of alkyl halides is 3. The Morgan fingerprint density at radius 3 is 2.50 bits per heavy atom. The molecule has 1 aromatic carbocycles. The number of sulfonamides is 1. The van der Waals surface area contributed by atoms with Crippen molar-refractivity contribution >= 4 is 10.0 Å². The lowest BCUT2D eigenvalue weighted by Crippen LogP contribution is -2.33. The summed E-state index contributed by atoms with van der Waals surface area (Å²) in [5.41, 5.74) is 5.87. The first kappa shape index (κ1) is 16.7. The molecule has 5 nitrogen and oxygen atoms in total. The van der Waals surface area contributed by atoms with Crippen LogP contribution in [0.4, 0.5) is 13.2 Å². The van der Waals surface area contributed by atoms with Crippen molar-refractivity contribution in [2.24, 2.45) is 5.73 Å². The number of benzene rings is 1. The Bertz CT molecular complexity index is 559. The molecule has 0 saturated carbocycles. The standard InChI is InChI=1S/C11H15F3N2O3S/c1-2-19-10-4-3-9(5-8(10)6-15)20(17,18)16-7-11(12,13)14/h3-5,16H,2,6-7,15H2,1H3. The summed E-state index contributed by atoms with van der Waals surface area (Å²) < 4.78 is 66.3. The lowest BCUT2D eigenvalue weighted by atomic mass is 10.2. The number of rotatable bonds is 6. The van der Waals surface area contributed by atoms with Crippen LogP contribution in [0.15, 0.2) is 23.1 Å². The third-order valence-corrected chi connectivity index (χ3v) is 3.72. The number of hydrogen-bond donors (Lipinski definition) is 2. The van der Waals surface area contributed by atoms with Gasteiger partial charge in [0.2, 0.25) is 10.0 Å². The van der Waals surface area contributed by atoms with Crippen LogP contribution in [0.25, 0.3) is 0 Å². The maximum Gasteiger partial charge on any atom is 0.402 e. The molecule has 114 valence electrons. The molecule has 1 aromatic rings. The van der Waals surface area contributed by atoms with Crippen molar-refractivity contribution in [3.8, 4) is 5.75 Å². The van der Waals surface area contributed by atoms with Crippen molar-refractivity contribution in [2.75, 3.05) is 13.2 Å². The highest BCUT2D eigenvalue weighted by molar-refractivity contribution is 7.89. The number of nitrogens with one attached hydrogen (secondary N) is 1. The van der Waals surface area contributed by atoms with Crippen LogP contribution >= 0.6 is 0 Å². The van der Waals surface area contributed by atoms with Crippen molar-refractivity contribution in [3.05, 3.63) is 23.8 Å².